The predicted molar refractivity (Wildman–Crippen MR) is 76.2 cm³/mol. The van der Waals surface area contributed by atoms with Gasteiger partial charge in [-0.1, -0.05) is 6.42 Å². The zero-order valence-corrected chi connectivity index (χ0v) is 11.7. The number of hydrogen-bond donors (Lipinski definition) is 2. The second kappa shape index (κ2) is 6.13. The number of methoxy groups -OCH3 is 1. The number of nitrogens with one attached hydrogen (secondary N) is 1. The molecule has 0 aromatic carbocycles. The van der Waals surface area contributed by atoms with E-state index in [1.54, 1.807) is 13.2 Å². The Morgan fingerprint density at radius 2 is 2.28 bits per heavy atom. The molecule has 1 aromatic heterocycles. The molecule has 2 atom stereocenters. The fourth-order valence-electron chi connectivity index (χ4n) is 2.32. The molecule has 1 aliphatic carbocycles. The Morgan fingerprint density at radius 3 is 3.00 bits per heavy atom. The summed E-state index contributed by atoms with van der Waals surface area (Å²) >= 11 is 1.95. The summed E-state index contributed by atoms with van der Waals surface area (Å²) in [5.41, 5.74) is 5.65. The monoisotopic (exact) mass is 268 g/mol. The second-order valence-corrected chi connectivity index (χ2v) is 5.66. The van der Waals surface area contributed by atoms with E-state index in [1.807, 2.05) is 11.8 Å². The molecule has 3 N–H and O–H groups in total. The Hall–Kier alpha value is -1.17. The molecule has 0 amide bonds. The number of aromatic nitrogens is 2. The van der Waals surface area contributed by atoms with Crippen LogP contribution in [0.3, 0.4) is 0 Å². The molecule has 2 unspecified atom stereocenters. The van der Waals surface area contributed by atoms with Crippen molar-refractivity contribution in [1.82, 2.24) is 9.97 Å². The molecule has 0 saturated heterocycles. The van der Waals surface area contributed by atoms with E-state index < -0.39 is 0 Å². The molecule has 1 aliphatic rings. The van der Waals surface area contributed by atoms with Crippen molar-refractivity contribution in [3.05, 3.63) is 6.07 Å². The van der Waals surface area contributed by atoms with Crippen molar-refractivity contribution in [3.8, 4) is 5.88 Å². The average Bonchev–Trinajstić information content (AvgIpc) is 2.38. The zero-order chi connectivity index (χ0) is 13.0. The molecule has 5 nitrogen and oxygen atoms in total. The largest absolute Gasteiger partial charge is 0.481 e. The maximum Gasteiger partial charge on any atom is 0.225 e. The van der Waals surface area contributed by atoms with Crippen molar-refractivity contribution in [3.63, 3.8) is 0 Å². The van der Waals surface area contributed by atoms with E-state index in [-0.39, 0.29) is 5.95 Å². The molecular weight excluding hydrogens is 248 g/mol. The molecule has 1 saturated carbocycles. The Kier molecular flexibility index (Phi) is 4.52. The molecule has 100 valence electrons. The molecule has 0 radical (unpaired) electrons. The van der Waals surface area contributed by atoms with Crippen molar-refractivity contribution in [2.24, 2.45) is 0 Å². The van der Waals surface area contributed by atoms with Crippen LogP contribution in [0.2, 0.25) is 0 Å². The van der Waals surface area contributed by atoms with E-state index in [0.717, 1.165) is 11.1 Å². The van der Waals surface area contributed by atoms with Gasteiger partial charge in [0.05, 0.1) is 7.11 Å². The molecule has 1 heterocycles. The van der Waals surface area contributed by atoms with E-state index in [4.69, 9.17) is 10.5 Å². The minimum atomic E-state index is 0.245. The van der Waals surface area contributed by atoms with Crippen LogP contribution in [-0.2, 0) is 0 Å². The lowest BCUT2D eigenvalue weighted by molar-refractivity contribution is 0.397. The van der Waals surface area contributed by atoms with Crippen LogP contribution in [0.1, 0.15) is 25.7 Å². The minimum absolute atomic E-state index is 0.245. The first-order valence-electron chi connectivity index (χ1n) is 6.19. The second-order valence-electron chi connectivity index (χ2n) is 4.52. The normalized spacial score (nSPS) is 23.7. The molecule has 2 rings (SSSR count). The molecule has 18 heavy (non-hydrogen) atoms. The number of nitrogens with two attached hydrogens (primary N) is 1. The van der Waals surface area contributed by atoms with Crippen molar-refractivity contribution in [2.75, 3.05) is 24.4 Å². The lowest BCUT2D eigenvalue weighted by Gasteiger charge is -2.29. The highest BCUT2D eigenvalue weighted by Gasteiger charge is 2.21. The standard InChI is InChI=1S/C12H20N4OS/c1-17-11-7-10(15-12(13)16-11)14-8-4-3-5-9(6-8)18-2/h7-9H,3-6H2,1-2H3,(H3,13,14,15,16). The first-order valence-corrected chi connectivity index (χ1v) is 7.48. The maximum atomic E-state index is 5.65. The van der Waals surface area contributed by atoms with Gasteiger partial charge in [0.1, 0.15) is 5.82 Å². The van der Waals surface area contributed by atoms with Gasteiger partial charge < -0.3 is 15.8 Å². The van der Waals surface area contributed by atoms with Gasteiger partial charge in [0.15, 0.2) is 0 Å². The van der Waals surface area contributed by atoms with Crippen LogP contribution >= 0.6 is 11.8 Å². The molecule has 1 aromatic rings. The third-order valence-electron chi connectivity index (χ3n) is 3.24. The zero-order valence-electron chi connectivity index (χ0n) is 10.8. The summed E-state index contributed by atoms with van der Waals surface area (Å²) < 4.78 is 5.09. The van der Waals surface area contributed by atoms with Crippen LogP contribution in [0.5, 0.6) is 5.88 Å². The smallest absolute Gasteiger partial charge is 0.225 e. The quantitative estimate of drug-likeness (QED) is 0.871. The first kappa shape index (κ1) is 13.3. The van der Waals surface area contributed by atoms with E-state index in [1.165, 1.54) is 25.7 Å². The summed E-state index contributed by atoms with van der Waals surface area (Å²) in [5.74, 6) is 1.50. The van der Waals surface area contributed by atoms with Crippen LogP contribution in [0, 0.1) is 0 Å². The lowest BCUT2D eigenvalue weighted by atomic mass is 9.95. The van der Waals surface area contributed by atoms with Gasteiger partial charge >= 0.3 is 0 Å². The molecule has 0 bridgehead atoms. The third kappa shape index (κ3) is 3.41. The molecule has 1 fully saturated rings. The molecular formula is C12H20N4OS. The van der Waals surface area contributed by atoms with Crippen LogP contribution < -0.4 is 15.8 Å². The van der Waals surface area contributed by atoms with E-state index in [0.29, 0.717) is 11.9 Å². The molecule has 0 aliphatic heterocycles. The number of hydrogen-bond acceptors (Lipinski definition) is 6. The molecule has 6 heteroatoms. The van der Waals surface area contributed by atoms with Crippen molar-refractivity contribution in [2.45, 2.75) is 37.0 Å². The van der Waals surface area contributed by atoms with E-state index in [2.05, 4.69) is 21.5 Å². The number of anilines is 2. The Labute approximate surface area is 112 Å². The maximum absolute atomic E-state index is 5.65. The van der Waals surface area contributed by atoms with Crippen LogP contribution in [0.4, 0.5) is 11.8 Å². The van der Waals surface area contributed by atoms with Gasteiger partial charge in [0.2, 0.25) is 11.8 Å². The van der Waals surface area contributed by atoms with Gasteiger partial charge in [0.25, 0.3) is 0 Å². The highest BCUT2D eigenvalue weighted by molar-refractivity contribution is 7.99. The van der Waals surface area contributed by atoms with E-state index in [9.17, 15) is 0 Å². The number of nitrogens with zero attached hydrogens (tertiary/aromatic N) is 2. The Balaban J connectivity index is 2.02. The summed E-state index contributed by atoms with van der Waals surface area (Å²) in [6.07, 6.45) is 7.12. The van der Waals surface area contributed by atoms with Crippen molar-refractivity contribution < 1.29 is 4.74 Å². The van der Waals surface area contributed by atoms with Gasteiger partial charge in [-0.25, -0.2) is 0 Å². The summed E-state index contributed by atoms with van der Waals surface area (Å²) in [7, 11) is 1.58. The predicted octanol–water partition coefficient (Wildman–Crippen LogP) is 2.15. The highest BCUT2D eigenvalue weighted by Crippen LogP contribution is 2.29. The molecule has 0 spiro atoms. The highest BCUT2D eigenvalue weighted by atomic mass is 32.2. The minimum Gasteiger partial charge on any atom is -0.481 e. The summed E-state index contributed by atoms with van der Waals surface area (Å²) in [6, 6.07) is 2.26. The van der Waals surface area contributed by atoms with Crippen LogP contribution in [-0.4, -0.2) is 34.6 Å². The summed E-state index contributed by atoms with van der Waals surface area (Å²) in [4.78, 5) is 8.17. The van der Waals surface area contributed by atoms with E-state index >= 15 is 0 Å². The van der Waals surface area contributed by atoms with Gasteiger partial charge in [-0.3, -0.25) is 0 Å². The fourth-order valence-corrected chi connectivity index (χ4v) is 3.15. The summed E-state index contributed by atoms with van der Waals surface area (Å²) in [6.45, 7) is 0. The van der Waals surface area contributed by atoms with Crippen LogP contribution in [0.25, 0.3) is 0 Å². The average molecular weight is 268 g/mol. The number of ether oxygens (including phenoxy) is 1. The topological polar surface area (TPSA) is 73.1 Å². The van der Waals surface area contributed by atoms with Crippen LogP contribution in [0.15, 0.2) is 6.07 Å². The number of rotatable bonds is 4. The fraction of sp³-hybridized carbons (Fsp3) is 0.667. The Bertz CT molecular complexity index is 402. The van der Waals surface area contributed by atoms with Crippen molar-refractivity contribution in [1.29, 1.82) is 0 Å². The first-order chi connectivity index (χ1) is 8.71. The van der Waals surface area contributed by atoms with Gasteiger partial charge in [-0.15, -0.1) is 0 Å². The van der Waals surface area contributed by atoms with Gasteiger partial charge in [0, 0.05) is 17.4 Å². The Morgan fingerprint density at radius 1 is 1.44 bits per heavy atom. The lowest BCUT2D eigenvalue weighted by Crippen LogP contribution is -2.29. The number of thioether (sulfide) groups is 1. The third-order valence-corrected chi connectivity index (χ3v) is 4.34. The van der Waals surface area contributed by atoms with Crippen molar-refractivity contribution >= 4 is 23.5 Å². The van der Waals surface area contributed by atoms with Gasteiger partial charge in [-0.2, -0.15) is 21.7 Å². The van der Waals surface area contributed by atoms with Gasteiger partial charge in [-0.05, 0) is 25.5 Å². The summed E-state index contributed by atoms with van der Waals surface area (Å²) in [5, 5.41) is 4.18. The number of nitrogen functional groups attached to an aromatic ring is 1. The SMILES string of the molecule is COc1cc(NC2CCCC(SC)C2)nc(N)n1.